The Morgan fingerprint density at radius 3 is 2.47 bits per heavy atom. The van der Waals surface area contributed by atoms with E-state index >= 15 is 0 Å². The Kier molecular flexibility index (Phi) is 3.01. The van der Waals surface area contributed by atoms with Crippen molar-refractivity contribution in [3.8, 4) is 0 Å². The highest BCUT2D eigenvalue weighted by Gasteiger charge is 2.17. The Bertz CT molecular complexity index is 553. The Morgan fingerprint density at radius 2 is 1.94 bits per heavy atom. The van der Waals surface area contributed by atoms with E-state index in [4.69, 9.17) is 0 Å². The van der Waals surface area contributed by atoms with Crippen LogP contribution in [0.5, 0.6) is 0 Å². The van der Waals surface area contributed by atoms with Gasteiger partial charge in [0, 0.05) is 17.5 Å². The van der Waals surface area contributed by atoms with Crippen LogP contribution >= 0.6 is 0 Å². The van der Waals surface area contributed by atoms with Gasteiger partial charge in [0.25, 0.3) is 0 Å². The predicted molar refractivity (Wildman–Crippen MR) is 69.6 cm³/mol. The molecule has 0 aliphatic heterocycles. The summed E-state index contributed by atoms with van der Waals surface area (Å²) in [4.78, 5) is 15.7. The van der Waals surface area contributed by atoms with Gasteiger partial charge in [0.2, 0.25) is 0 Å². The van der Waals surface area contributed by atoms with Crippen molar-refractivity contribution in [3.63, 3.8) is 0 Å². The van der Waals surface area contributed by atoms with Crippen LogP contribution in [0.2, 0.25) is 0 Å². The van der Waals surface area contributed by atoms with Gasteiger partial charge in [0.15, 0.2) is 6.29 Å². The van der Waals surface area contributed by atoms with Crippen molar-refractivity contribution in [1.29, 1.82) is 0 Å². The van der Waals surface area contributed by atoms with Gasteiger partial charge in [-0.3, -0.25) is 4.79 Å². The largest absolute Gasteiger partial charge is 0.325 e. The molecule has 3 nitrogen and oxygen atoms in total. The molecule has 3 heteroatoms. The van der Waals surface area contributed by atoms with Gasteiger partial charge in [0.1, 0.15) is 5.82 Å². The molecule has 0 unspecified atom stereocenters. The second-order valence-electron chi connectivity index (χ2n) is 4.92. The summed E-state index contributed by atoms with van der Waals surface area (Å²) in [7, 11) is 0. The first-order valence-corrected chi connectivity index (χ1v) is 6.02. The van der Waals surface area contributed by atoms with Gasteiger partial charge in [-0.1, -0.05) is 19.9 Å². The van der Waals surface area contributed by atoms with Crippen molar-refractivity contribution >= 4 is 17.3 Å². The van der Waals surface area contributed by atoms with Crippen molar-refractivity contribution in [2.24, 2.45) is 0 Å². The molecule has 1 heterocycles. The summed E-state index contributed by atoms with van der Waals surface area (Å²) in [5.41, 5.74) is 2.54. The third kappa shape index (κ3) is 1.86. The van der Waals surface area contributed by atoms with Gasteiger partial charge in [0.05, 0.1) is 11.0 Å². The molecule has 0 saturated carbocycles. The van der Waals surface area contributed by atoms with Crippen LogP contribution in [0, 0.1) is 0 Å². The second kappa shape index (κ2) is 4.32. The number of fused-ring (bicyclic) bond motifs is 1. The van der Waals surface area contributed by atoms with E-state index in [1.807, 2.05) is 18.2 Å². The molecule has 90 valence electrons. The lowest BCUT2D eigenvalue weighted by molar-refractivity contribution is 0.112. The zero-order chi connectivity index (χ0) is 12.6. The first-order valence-electron chi connectivity index (χ1n) is 6.02. The number of aldehydes is 1. The summed E-state index contributed by atoms with van der Waals surface area (Å²) < 4.78 is 2.22. The standard InChI is InChI=1S/C14H18N2O/c1-9(2)14-15-13-11(8-17)6-5-7-12(13)16(14)10(3)4/h5-10H,1-4H3. The highest BCUT2D eigenvalue weighted by atomic mass is 16.1. The fourth-order valence-corrected chi connectivity index (χ4v) is 2.20. The Hall–Kier alpha value is -1.64. The number of aromatic nitrogens is 2. The second-order valence-corrected chi connectivity index (χ2v) is 4.92. The van der Waals surface area contributed by atoms with Crippen molar-refractivity contribution in [1.82, 2.24) is 9.55 Å². The summed E-state index contributed by atoms with van der Waals surface area (Å²) in [6.45, 7) is 8.53. The molecule has 0 radical (unpaired) electrons. The lowest BCUT2D eigenvalue weighted by Gasteiger charge is -2.14. The van der Waals surface area contributed by atoms with E-state index in [9.17, 15) is 4.79 Å². The number of benzene rings is 1. The SMILES string of the molecule is CC(C)c1nc2c(C=O)cccc2n1C(C)C. The smallest absolute Gasteiger partial charge is 0.152 e. The van der Waals surface area contributed by atoms with Crippen molar-refractivity contribution in [2.75, 3.05) is 0 Å². The van der Waals surface area contributed by atoms with E-state index in [0.717, 1.165) is 23.1 Å². The topological polar surface area (TPSA) is 34.9 Å². The van der Waals surface area contributed by atoms with Gasteiger partial charge < -0.3 is 4.57 Å². The van der Waals surface area contributed by atoms with Gasteiger partial charge in [-0.25, -0.2) is 4.98 Å². The minimum absolute atomic E-state index is 0.347. The highest BCUT2D eigenvalue weighted by molar-refractivity contribution is 5.94. The molecule has 0 aliphatic rings. The van der Waals surface area contributed by atoms with E-state index in [0.29, 0.717) is 17.5 Å². The van der Waals surface area contributed by atoms with Crippen molar-refractivity contribution < 1.29 is 4.79 Å². The minimum atomic E-state index is 0.347. The molecule has 1 aromatic heterocycles. The maximum atomic E-state index is 11.0. The molecule has 0 fully saturated rings. The zero-order valence-corrected chi connectivity index (χ0v) is 10.8. The Labute approximate surface area is 101 Å². The van der Waals surface area contributed by atoms with E-state index in [1.54, 1.807) is 0 Å². The van der Waals surface area contributed by atoms with Crippen LogP contribution in [-0.2, 0) is 0 Å². The summed E-state index contributed by atoms with van der Waals surface area (Å²) in [6, 6.07) is 6.11. The van der Waals surface area contributed by atoms with Gasteiger partial charge in [-0.2, -0.15) is 0 Å². The van der Waals surface area contributed by atoms with E-state index in [1.165, 1.54) is 0 Å². The maximum Gasteiger partial charge on any atom is 0.152 e. The third-order valence-corrected chi connectivity index (χ3v) is 2.94. The molecule has 2 rings (SSSR count). The average molecular weight is 230 g/mol. The van der Waals surface area contributed by atoms with Crippen LogP contribution in [0.1, 0.15) is 55.8 Å². The van der Waals surface area contributed by atoms with E-state index < -0.39 is 0 Å². The van der Waals surface area contributed by atoms with Crippen LogP contribution in [0.4, 0.5) is 0 Å². The molecule has 0 atom stereocenters. The number of imidazole rings is 1. The molecular formula is C14H18N2O. The summed E-state index contributed by atoms with van der Waals surface area (Å²) in [5, 5.41) is 0. The Balaban J connectivity index is 2.83. The number of hydrogen-bond acceptors (Lipinski definition) is 2. The van der Waals surface area contributed by atoms with Crippen molar-refractivity contribution in [2.45, 2.75) is 39.7 Å². The molecule has 0 aliphatic carbocycles. The first kappa shape index (κ1) is 11.8. The van der Waals surface area contributed by atoms with E-state index in [2.05, 4.69) is 37.2 Å². The molecule has 17 heavy (non-hydrogen) atoms. The van der Waals surface area contributed by atoms with Crippen molar-refractivity contribution in [3.05, 3.63) is 29.6 Å². The molecule has 2 aromatic rings. The highest BCUT2D eigenvalue weighted by Crippen LogP contribution is 2.27. The van der Waals surface area contributed by atoms with Crippen LogP contribution < -0.4 is 0 Å². The number of nitrogens with zero attached hydrogens (tertiary/aromatic N) is 2. The predicted octanol–water partition coefficient (Wildman–Crippen LogP) is 3.55. The quantitative estimate of drug-likeness (QED) is 0.756. The number of para-hydroxylation sites is 1. The molecule has 0 amide bonds. The fraction of sp³-hybridized carbons (Fsp3) is 0.429. The lowest BCUT2D eigenvalue weighted by atomic mass is 10.2. The Morgan fingerprint density at radius 1 is 1.24 bits per heavy atom. The summed E-state index contributed by atoms with van der Waals surface area (Å²) in [5.74, 6) is 1.40. The zero-order valence-electron chi connectivity index (χ0n) is 10.8. The number of carbonyl (C=O) groups is 1. The van der Waals surface area contributed by atoms with Gasteiger partial charge >= 0.3 is 0 Å². The van der Waals surface area contributed by atoms with Crippen LogP contribution in [0.3, 0.4) is 0 Å². The van der Waals surface area contributed by atoms with E-state index in [-0.39, 0.29) is 0 Å². The summed E-state index contributed by atoms with van der Waals surface area (Å²) in [6.07, 6.45) is 0.879. The van der Waals surface area contributed by atoms with Gasteiger partial charge in [-0.15, -0.1) is 0 Å². The molecule has 1 aromatic carbocycles. The molecule has 0 N–H and O–H groups in total. The number of rotatable bonds is 3. The molecule has 0 spiro atoms. The normalized spacial score (nSPS) is 11.6. The fourth-order valence-electron chi connectivity index (χ4n) is 2.20. The molecular weight excluding hydrogens is 212 g/mol. The van der Waals surface area contributed by atoms with Crippen LogP contribution in [0.15, 0.2) is 18.2 Å². The first-order chi connectivity index (χ1) is 8.06. The minimum Gasteiger partial charge on any atom is -0.325 e. The number of hydrogen-bond donors (Lipinski definition) is 0. The lowest BCUT2D eigenvalue weighted by Crippen LogP contribution is -2.07. The summed E-state index contributed by atoms with van der Waals surface area (Å²) >= 11 is 0. The third-order valence-electron chi connectivity index (χ3n) is 2.94. The average Bonchev–Trinajstić information content (AvgIpc) is 2.67. The van der Waals surface area contributed by atoms with Crippen LogP contribution in [-0.4, -0.2) is 15.8 Å². The van der Waals surface area contributed by atoms with Crippen LogP contribution in [0.25, 0.3) is 11.0 Å². The molecule has 0 saturated heterocycles. The maximum absolute atomic E-state index is 11.0. The monoisotopic (exact) mass is 230 g/mol. The van der Waals surface area contributed by atoms with Gasteiger partial charge in [-0.05, 0) is 26.0 Å². The number of carbonyl (C=O) groups excluding carboxylic acids is 1. The molecule has 0 bridgehead atoms.